The average Bonchev–Trinajstić information content (AvgIpc) is 0.531. The van der Waals surface area contributed by atoms with Gasteiger partial charge in [-0.05, 0) is 248 Å². The Bertz CT molecular complexity index is 4590. The van der Waals surface area contributed by atoms with Crippen molar-refractivity contribution in [2.75, 3.05) is 6.61 Å². The summed E-state index contributed by atoms with van der Waals surface area (Å²) in [5.41, 5.74) is 7.56. The second-order valence-electron chi connectivity index (χ2n) is 27.7. The lowest BCUT2D eigenvalue weighted by Crippen LogP contribution is -2.27. The lowest BCUT2D eigenvalue weighted by molar-refractivity contribution is -0.146. The first kappa shape index (κ1) is 88.7. The smallest absolute Gasteiger partial charge is 0.416 e. The highest BCUT2D eigenvalue weighted by atomic mass is 19.4. The molecule has 4 atom stereocenters. The largest absolute Gasteiger partial charge is 0.493 e. The molecule has 3 aliphatic carbocycles. The second-order valence-corrected chi connectivity index (χ2v) is 27.7. The van der Waals surface area contributed by atoms with Crippen LogP contribution in [0, 0.1) is 5.82 Å². The molecule has 3 aliphatic rings. The predicted octanol–water partition coefficient (Wildman–Crippen LogP) is 22.6. The number of benzene rings is 8. The molecule has 115 heavy (non-hydrogen) atoms. The zero-order chi connectivity index (χ0) is 80.7. The SMILES string of the molecule is C.C=CCCC(Oc1cccc(OCc2ccc3ccccc3n2)c1)C(=O)O.O=C(O)C(CCC1=CCCCC1)Oc1ccc(OCc2ccc(C(F)(F)F)cc2)cc1.O=C(O)C(CCC1=CCCCC1)Oc1ccccc1CCOc1ccc(F)cc1.O=C(O)C(CCC1=CCCCC1)Oc1ccccc1OCc1ccccc1. The number of alkyl halides is 3. The maximum Gasteiger partial charge on any atom is 0.416 e. The Labute approximate surface area is 670 Å². The van der Waals surface area contributed by atoms with Gasteiger partial charge in [-0.25, -0.2) is 28.6 Å². The van der Waals surface area contributed by atoms with E-state index in [9.17, 15) is 57.2 Å². The molecule has 0 fully saturated rings. The molecule has 0 spiro atoms. The molecule has 0 amide bonds. The first-order valence-corrected chi connectivity index (χ1v) is 38.7. The number of halogens is 4. The van der Waals surface area contributed by atoms with Gasteiger partial charge in [-0.15, -0.1) is 6.58 Å². The van der Waals surface area contributed by atoms with Crippen LogP contribution in [-0.2, 0) is 51.6 Å². The van der Waals surface area contributed by atoms with E-state index >= 15 is 0 Å². The van der Waals surface area contributed by atoms with E-state index in [4.69, 9.17) is 37.9 Å². The summed E-state index contributed by atoms with van der Waals surface area (Å²) in [6.45, 7) is 4.83. The van der Waals surface area contributed by atoms with Crippen LogP contribution in [0.3, 0.4) is 0 Å². The molecule has 0 saturated heterocycles. The van der Waals surface area contributed by atoms with Gasteiger partial charge < -0.3 is 58.3 Å². The first-order valence-electron chi connectivity index (χ1n) is 38.7. The van der Waals surface area contributed by atoms with Gasteiger partial charge in [-0.2, -0.15) is 13.2 Å². The summed E-state index contributed by atoms with van der Waals surface area (Å²) in [5.74, 6) is -0.0216. The van der Waals surface area contributed by atoms with E-state index in [0.29, 0.717) is 116 Å². The number of carboxylic acid groups (broad SMARTS) is 4. The van der Waals surface area contributed by atoms with Crippen molar-refractivity contribution in [1.29, 1.82) is 0 Å². The normalized spacial score (nSPS) is 14.0. The Morgan fingerprint density at radius 2 is 0.896 bits per heavy atom. The van der Waals surface area contributed by atoms with Gasteiger partial charge in [0, 0.05) is 17.9 Å². The van der Waals surface area contributed by atoms with Gasteiger partial charge in [-0.3, -0.25) is 0 Å². The van der Waals surface area contributed by atoms with Crippen LogP contribution in [0.4, 0.5) is 17.6 Å². The zero-order valence-corrected chi connectivity index (χ0v) is 63.9. The monoisotopic (exact) mass is 1580 g/mol. The molecule has 0 aliphatic heterocycles. The minimum Gasteiger partial charge on any atom is -0.493 e. The summed E-state index contributed by atoms with van der Waals surface area (Å²) in [6.07, 6.45) is 19.0. The van der Waals surface area contributed by atoms with Crippen molar-refractivity contribution < 1.29 is 95.1 Å². The van der Waals surface area contributed by atoms with E-state index in [-0.39, 0.29) is 19.9 Å². The van der Waals surface area contributed by atoms with E-state index in [1.807, 2.05) is 97.1 Å². The molecule has 21 heteroatoms. The summed E-state index contributed by atoms with van der Waals surface area (Å²) in [4.78, 5) is 50.8. The molecule has 0 saturated carbocycles. The van der Waals surface area contributed by atoms with Gasteiger partial charge in [0.2, 0.25) is 0 Å². The van der Waals surface area contributed by atoms with Crippen LogP contribution >= 0.6 is 0 Å². The zero-order valence-electron chi connectivity index (χ0n) is 63.9. The van der Waals surface area contributed by atoms with Crippen LogP contribution in [0.5, 0.6) is 46.0 Å². The predicted molar refractivity (Wildman–Crippen MR) is 436 cm³/mol. The lowest BCUT2D eigenvalue weighted by atomic mass is 9.95. The number of rotatable bonds is 37. The molecule has 9 aromatic rings. The lowest BCUT2D eigenvalue weighted by Gasteiger charge is -2.19. The fraction of sp³-hybridized carbons (Fsp3) is 0.330. The maximum atomic E-state index is 13.0. The maximum absolute atomic E-state index is 13.0. The van der Waals surface area contributed by atoms with Gasteiger partial charge in [0.1, 0.15) is 60.1 Å². The third kappa shape index (κ3) is 31.6. The van der Waals surface area contributed by atoms with Gasteiger partial charge in [0.25, 0.3) is 0 Å². The molecule has 4 unspecified atom stereocenters. The summed E-state index contributed by atoms with van der Waals surface area (Å²) < 4.78 is 96.7. The van der Waals surface area contributed by atoms with Crippen molar-refractivity contribution in [2.45, 2.75) is 193 Å². The molecule has 0 bridgehead atoms. The minimum atomic E-state index is -4.36. The Kier molecular flexibility index (Phi) is 36.7. The Hall–Kier alpha value is -11.9. The number of hydrogen-bond acceptors (Lipinski definition) is 13. The van der Waals surface area contributed by atoms with E-state index in [0.717, 1.165) is 97.6 Å². The van der Waals surface area contributed by atoms with Crippen molar-refractivity contribution in [3.8, 4) is 46.0 Å². The quantitative estimate of drug-likeness (QED) is 0.0209. The van der Waals surface area contributed by atoms with Crippen LogP contribution in [0.2, 0.25) is 0 Å². The number of fused-ring (bicyclic) bond motifs is 1. The molecule has 1 aromatic heterocycles. The number of aliphatic carboxylic acids is 4. The van der Waals surface area contributed by atoms with Crippen molar-refractivity contribution in [3.05, 3.63) is 294 Å². The highest BCUT2D eigenvalue weighted by Gasteiger charge is 2.30. The fourth-order valence-corrected chi connectivity index (χ4v) is 12.8. The summed E-state index contributed by atoms with van der Waals surface area (Å²) >= 11 is 0. The number of ether oxygens (including phenoxy) is 8. The molecule has 1 heterocycles. The summed E-state index contributed by atoms with van der Waals surface area (Å²) in [5, 5.41) is 39.0. The molecule has 17 nitrogen and oxygen atoms in total. The highest BCUT2D eigenvalue weighted by Crippen LogP contribution is 2.34. The third-order valence-electron chi connectivity index (χ3n) is 19.0. The van der Waals surface area contributed by atoms with Crippen molar-refractivity contribution in [1.82, 2.24) is 4.98 Å². The molecular formula is C94H103F4NO16. The van der Waals surface area contributed by atoms with E-state index in [1.165, 1.54) is 73.1 Å². The topological polar surface area (TPSA) is 236 Å². The Morgan fingerprint density at radius 1 is 0.426 bits per heavy atom. The second kappa shape index (κ2) is 47.6. The van der Waals surface area contributed by atoms with Crippen LogP contribution in [0.15, 0.2) is 260 Å². The van der Waals surface area contributed by atoms with Crippen LogP contribution < -0.4 is 37.9 Å². The standard InChI is InChI=1S/C24H25F3O4.C24H27FO4.C23H26O4.C22H21NO4.CH4/c25-24(26,27)19-9-6-18(7-10-19)16-30-20-11-13-21(14-12-20)31-22(23(28)29)15-8-17-4-2-1-3-5-17;25-20-11-13-21(14-12-20)28-17-16-19-8-4-5-9-22(19)29-23(24(26)27)15-10-18-6-2-1-3-7-18;24-23(25)22(16-15-18-9-3-1-4-10-18)27-21-14-8-7-13-20(21)26-17-19-11-5-2-6-12-19;1-2-3-11-21(22(24)25)27-19-9-6-8-18(14-19)26-15-17-13-12-16-7-4-5-10-20(16)23-17;/h4,6-7,9-14,22H,1-3,5,8,15-16H2,(H,28,29);4-6,8-9,11-14,23H,1-3,7,10,15-17H2,(H,26,27);2,5-9,11-14,22H,1,3-4,10,15-17H2,(H,24,25);2,4-10,12-14,21H,1,3,11,15H2,(H,24,25);1H4. The van der Waals surface area contributed by atoms with E-state index < -0.39 is 60.0 Å². The number of para-hydroxylation sites is 4. The molecule has 0 radical (unpaired) electrons. The van der Waals surface area contributed by atoms with Gasteiger partial charge in [-0.1, -0.05) is 152 Å². The summed E-state index contributed by atoms with van der Waals surface area (Å²) in [7, 11) is 0. The Morgan fingerprint density at radius 3 is 1.47 bits per heavy atom. The number of carbonyl (C=O) groups is 4. The fourth-order valence-electron chi connectivity index (χ4n) is 12.8. The molecular weight excluding hydrogens is 1480 g/mol. The van der Waals surface area contributed by atoms with Gasteiger partial charge in [0.05, 0.1) is 23.4 Å². The molecule has 8 aromatic carbocycles. The van der Waals surface area contributed by atoms with E-state index in [2.05, 4.69) is 29.8 Å². The van der Waals surface area contributed by atoms with Crippen molar-refractivity contribution >= 4 is 34.8 Å². The van der Waals surface area contributed by atoms with Crippen molar-refractivity contribution in [3.63, 3.8) is 0 Å². The van der Waals surface area contributed by atoms with Crippen LogP contribution in [0.1, 0.15) is 164 Å². The highest BCUT2D eigenvalue weighted by molar-refractivity contribution is 5.78. The summed E-state index contributed by atoms with van der Waals surface area (Å²) in [6, 6.07) is 60.5. The third-order valence-corrected chi connectivity index (χ3v) is 19.0. The van der Waals surface area contributed by atoms with E-state index in [1.54, 1.807) is 84.9 Å². The van der Waals surface area contributed by atoms with Crippen LogP contribution in [-0.4, -0.2) is 80.3 Å². The van der Waals surface area contributed by atoms with Gasteiger partial charge >= 0.3 is 30.1 Å². The molecule has 4 N–H and O–H groups in total. The Balaban J connectivity index is 0.000000191. The average molecular weight is 1580 g/mol. The number of carboxylic acids is 4. The first-order chi connectivity index (χ1) is 55.3. The minimum absolute atomic E-state index is 0. The molecule has 12 rings (SSSR count). The molecule has 608 valence electrons. The number of aromatic nitrogens is 1. The number of pyridine rings is 1. The van der Waals surface area contributed by atoms with Crippen molar-refractivity contribution in [2.24, 2.45) is 0 Å². The number of hydrogen-bond donors (Lipinski definition) is 4. The number of allylic oxidation sites excluding steroid dienone is 7. The number of nitrogens with zero attached hydrogens (tertiary/aromatic N) is 1. The van der Waals surface area contributed by atoms with Gasteiger partial charge in [0.15, 0.2) is 35.9 Å². The van der Waals surface area contributed by atoms with Crippen LogP contribution in [0.25, 0.3) is 10.9 Å².